The van der Waals surface area contributed by atoms with Crippen LogP contribution in [0.3, 0.4) is 0 Å². The van der Waals surface area contributed by atoms with Crippen molar-refractivity contribution in [2.24, 2.45) is 5.14 Å². The molecule has 0 fully saturated rings. The molecule has 0 aliphatic heterocycles. The molecule has 0 atom stereocenters. The normalized spacial score (nSPS) is 11.6. The SMILES string of the molecule is CCCCCCCCCCCCCCCCN(C=O)S(N)(=O)=O. The molecule has 0 unspecified atom stereocenters. The fourth-order valence-corrected chi connectivity index (χ4v) is 3.21. The van der Waals surface area contributed by atoms with Gasteiger partial charge in [0.25, 0.3) is 0 Å². The van der Waals surface area contributed by atoms with Gasteiger partial charge in [-0.05, 0) is 6.42 Å². The van der Waals surface area contributed by atoms with Crippen molar-refractivity contribution >= 4 is 16.6 Å². The van der Waals surface area contributed by atoms with E-state index < -0.39 is 10.2 Å². The van der Waals surface area contributed by atoms with E-state index in [2.05, 4.69) is 6.92 Å². The molecule has 0 saturated heterocycles. The maximum Gasteiger partial charge on any atom is 0.300 e. The van der Waals surface area contributed by atoms with Gasteiger partial charge in [-0.2, -0.15) is 8.42 Å². The molecule has 6 heteroatoms. The number of unbranched alkanes of at least 4 members (excludes halogenated alkanes) is 13. The van der Waals surface area contributed by atoms with Crippen molar-refractivity contribution in [2.45, 2.75) is 96.8 Å². The number of nitrogens with zero attached hydrogens (tertiary/aromatic N) is 1. The summed E-state index contributed by atoms with van der Waals surface area (Å²) in [7, 11) is -3.87. The van der Waals surface area contributed by atoms with E-state index >= 15 is 0 Å². The molecule has 2 N–H and O–H groups in total. The number of amides is 1. The van der Waals surface area contributed by atoms with Gasteiger partial charge in [0.1, 0.15) is 0 Å². The monoisotopic (exact) mass is 348 g/mol. The summed E-state index contributed by atoms with van der Waals surface area (Å²) in [5.74, 6) is 0. The van der Waals surface area contributed by atoms with Crippen LogP contribution >= 0.6 is 0 Å². The molecule has 5 nitrogen and oxygen atoms in total. The molecule has 0 aromatic carbocycles. The standard InChI is InChI=1S/C17H36N2O3S/c1-2-3-4-5-6-7-8-9-10-11-12-13-14-15-16-19(17-20)23(18,21)22/h17H,2-16H2,1H3,(H2,18,21,22). The topological polar surface area (TPSA) is 80.5 Å². The largest absolute Gasteiger partial charge is 0.300 e. The first-order valence-electron chi connectivity index (χ1n) is 9.27. The minimum Gasteiger partial charge on any atom is -0.278 e. The van der Waals surface area contributed by atoms with Crippen molar-refractivity contribution in [3.63, 3.8) is 0 Å². The van der Waals surface area contributed by atoms with Gasteiger partial charge in [-0.25, -0.2) is 9.44 Å². The summed E-state index contributed by atoms with van der Waals surface area (Å²) < 4.78 is 22.7. The zero-order valence-corrected chi connectivity index (χ0v) is 15.7. The second-order valence-corrected chi connectivity index (χ2v) is 7.86. The first-order chi connectivity index (χ1) is 11.0. The molecule has 0 spiro atoms. The molecule has 138 valence electrons. The summed E-state index contributed by atoms with van der Waals surface area (Å²) in [6.07, 6.45) is 17.7. The van der Waals surface area contributed by atoms with Gasteiger partial charge in [-0.3, -0.25) is 4.79 Å². The Labute approximate surface area is 143 Å². The third-order valence-electron chi connectivity index (χ3n) is 4.18. The Bertz CT molecular complexity index is 372. The van der Waals surface area contributed by atoms with E-state index in [-0.39, 0.29) is 13.0 Å². The summed E-state index contributed by atoms with van der Waals surface area (Å²) in [6, 6.07) is 0. The third-order valence-corrected chi connectivity index (χ3v) is 5.10. The van der Waals surface area contributed by atoms with Crippen LogP contribution in [0.25, 0.3) is 0 Å². The molecular weight excluding hydrogens is 312 g/mol. The highest BCUT2D eigenvalue weighted by Crippen LogP contribution is 2.13. The van der Waals surface area contributed by atoms with Gasteiger partial charge in [0.2, 0.25) is 6.41 Å². The maximum absolute atomic E-state index is 11.0. The molecular formula is C17H36N2O3S. The molecule has 1 amide bonds. The Morgan fingerprint density at radius 2 is 1.09 bits per heavy atom. The molecule has 0 radical (unpaired) electrons. The second-order valence-electron chi connectivity index (χ2n) is 6.36. The summed E-state index contributed by atoms with van der Waals surface area (Å²) >= 11 is 0. The van der Waals surface area contributed by atoms with Crippen molar-refractivity contribution in [2.75, 3.05) is 6.54 Å². The zero-order chi connectivity index (χ0) is 17.4. The fraction of sp³-hybridized carbons (Fsp3) is 0.941. The quantitative estimate of drug-likeness (QED) is 0.317. The summed E-state index contributed by atoms with van der Waals surface area (Å²) in [5.41, 5.74) is 0. The lowest BCUT2D eigenvalue weighted by Gasteiger charge is -2.13. The highest BCUT2D eigenvalue weighted by atomic mass is 32.2. The van der Waals surface area contributed by atoms with Gasteiger partial charge in [-0.1, -0.05) is 90.4 Å². The predicted molar refractivity (Wildman–Crippen MR) is 96.2 cm³/mol. The molecule has 0 bridgehead atoms. The van der Waals surface area contributed by atoms with Crippen LogP contribution in [0.5, 0.6) is 0 Å². The van der Waals surface area contributed by atoms with E-state index in [1.165, 1.54) is 70.6 Å². The Balaban J connectivity index is 3.26. The van der Waals surface area contributed by atoms with Crippen molar-refractivity contribution < 1.29 is 13.2 Å². The van der Waals surface area contributed by atoms with Crippen molar-refractivity contribution in [1.82, 2.24) is 4.31 Å². The van der Waals surface area contributed by atoms with Crippen LogP contribution in [0.15, 0.2) is 0 Å². The summed E-state index contributed by atoms with van der Waals surface area (Å²) in [5, 5.41) is 4.91. The first kappa shape index (κ1) is 22.4. The van der Waals surface area contributed by atoms with Gasteiger partial charge in [0.05, 0.1) is 0 Å². The lowest BCUT2D eigenvalue weighted by molar-refractivity contribution is -0.114. The van der Waals surface area contributed by atoms with E-state index in [1.54, 1.807) is 0 Å². The number of nitrogens with two attached hydrogens (primary N) is 1. The molecule has 0 aliphatic rings. The minimum atomic E-state index is -3.87. The van der Waals surface area contributed by atoms with E-state index in [0.29, 0.717) is 10.7 Å². The van der Waals surface area contributed by atoms with E-state index in [4.69, 9.17) is 5.14 Å². The molecule has 0 rings (SSSR count). The summed E-state index contributed by atoms with van der Waals surface area (Å²) in [6.45, 7) is 2.44. The molecule has 0 saturated carbocycles. The zero-order valence-electron chi connectivity index (χ0n) is 14.8. The Morgan fingerprint density at radius 3 is 1.39 bits per heavy atom. The number of rotatable bonds is 17. The highest BCUT2D eigenvalue weighted by Gasteiger charge is 2.13. The van der Waals surface area contributed by atoms with Crippen LogP contribution in [-0.2, 0) is 15.0 Å². The number of hydrogen-bond donors (Lipinski definition) is 1. The van der Waals surface area contributed by atoms with Gasteiger partial charge >= 0.3 is 10.2 Å². The Morgan fingerprint density at radius 1 is 0.739 bits per heavy atom. The molecule has 0 aromatic rings. The van der Waals surface area contributed by atoms with Gasteiger partial charge in [-0.15, -0.1) is 0 Å². The molecule has 0 aromatic heterocycles. The lowest BCUT2D eigenvalue weighted by atomic mass is 10.0. The number of hydrogen-bond acceptors (Lipinski definition) is 3. The van der Waals surface area contributed by atoms with Gasteiger partial charge in [0, 0.05) is 6.54 Å². The van der Waals surface area contributed by atoms with Crippen molar-refractivity contribution in [3.05, 3.63) is 0 Å². The Kier molecular flexibility index (Phi) is 14.5. The van der Waals surface area contributed by atoms with E-state index in [9.17, 15) is 13.2 Å². The first-order valence-corrected chi connectivity index (χ1v) is 10.8. The molecule has 23 heavy (non-hydrogen) atoms. The van der Waals surface area contributed by atoms with Crippen LogP contribution in [0.4, 0.5) is 0 Å². The van der Waals surface area contributed by atoms with Gasteiger partial charge < -0.3 is 0 Å². The third kappa shape index (κ3) is 14.7. The van der Waals surface area contributed by atoms with Crippen molar-refractivity contribution in [1.29, 1.82) is 0 Å². The molecule has 0 aliphatic carbocycles. The van der Waals surface area contributed by atoms with E-state index in [0.717, 1.165) is 12.8 Å². The van der Waals surface area contributed by atoms with Crippen molar-refractivity contribution in [3.8, 4) is 0 Å². The van der Waals surface area contributed by atoms with Crippen LogP contribution in [0, 0.1) is 0 Å². The summed E-state index contributed by atoms with van der Waals surface area (Å²) in [4.78, 5) is 10.6. The smallest absolute Gasteiger partial charge is 0.278 e. The average molecular weight is 349 g/mol. The number of carbonyl (C=O) groups excluding carboxylic acids is 1. The van der Waals surface area contributed by atoms with Crippen LogP contribution in [0.1, 0.15) is 96.8 Å². The molecule has 0 heterocycles. The predicted octanol–water partition coefficient (Wildman–Crippen LogP) is 4.13. The van der Waals surface area contributed by atoms with Gasteiger partial charge in [0.15, 0.2) is 0 Å². The maximum atomic E-state index is 11.0. The van der Waals surface area contributed by atoms with Crippen LogP contribution < -0.4 is 5.14 Å². The average Bonchev–Trinajstić information content (AvgIpc) is 2.50. The lowest BCUT2D eigenvalue weighted by Crippen LogP contribution is -2.36. The second kappa shape index (κ2) is 14.9. The van der Waals surface area contributed by atoms with Crippen LogP contribution in [0.2, 0.25) is 0 Å². The van der Waals surface area contributed by atoms with Crippen LogP contribution in [-0.4, -0.2) is 25.7 Å². The number of carbonyl (C=O) groups is 1. The van der Waals surface area contributed by atoms with E-state index in [1.807, 2.05) is 0 Å². The Hall–Kier alpha value is -0.620. The fourth-order valence-electron chi connectivity index (χ4n) is 2.70. The minimum absolute atomic E-state index is 0.195. The highest BCUT2D eigenvalue weighted by molar-refractivity contribution is 7.87.